The Hall–Kier alpha value is -1.35. The van der Waals surface area contributed by atoms with Gasteiger partial charge in [0.15, 0.2) is 0 Å². The number of carbonyl (C=O) groups is 1. The summed E-state index contributed by atoms with van der Waals surface area (Å²) in [7, 11) is 0. The molecule has 0 bridgehead atoms. The van der Waals surface area contributed by atoms with Gasteiger partial charge in [0.1, 0.15) is 0 Å². The minimum atomic E-state index is -0.186. The Labute approximate surface area is 109 Å². The maximum absolute atomic E-state index is 12.1. The Balaban J connectivity index is 2.68. The smallest absolute Gasteiger partial charge is 0.223 e. The van der Waals surface area contributed by atoms with Crippen LogP contribution in [-0.2, 0) is 11.2 Å². The molecule has 3 heteroatoms. The van der Waals surface area contributed by atoms with E-state index in [0.29, 0.717) is 0 Å². The van der Waals surface area contributed by atoms with E-state index in [1.165, 1.54) is 5.56 Å². The second-order valence-corrected chi connectivity index (χ2v) is 5.13. The fourth-order valence-electron chi connectivity index (χ4n) is 1.89. The van der Waals surface area contributed by atoms with Gasteiger partial charge >= 0.3 is 0 Å². The molecule has 0 aliphatic carbocycles. The summed E-state index contributed by atoms with van der Waals surface area (Å²) in [6.45, 7) is 5.88. The van der Waals surface area contributed by atoms with Gasteiger partial charge < -0.3 is 10.4 Å². The van der Waals surface area contributed by atoms with Crippen molar-refractivity contribution in [2.75, 3.05) is 6.61 Å². The van der Waals surface area contributed by atoms with Crippen molar-refractivity contribution in [3.63, 3.8) is 0 Å². The molecule has 0 fully saturated rings. The summed E-state index contributed by atoms with van der Waals surface area (Å²) < 4.78 is 0. The van der Waals surface area contributed by atoms with Crippen molar-refractivity contribution >= 4 is 5.91 Å². The fourth-order valence-corrected chi connectivity index (χ4v) is 1.89. The van der Waals surface area contributed by atoms with Gasteiger partial charge in [-0.2, -0.15) is 0 Å². The van der Waals surface area contributed by atoms with E-state index in [0.717, 1.165) is 6.42 Å². The van der Waals surface area contributed by atoms with Crippen LogP contribution in [0.15, 0.2) is 30.3 Å². The van der Waals surface area contributed by atoms with Crippen LogP contribution in [0, 0.1) is 11.8 Å². The molecule has 1 amide bonds. The van der Waals surface area contributed by atoms with Crippen molar-refractivity contribution in [2.24, 2.45) is 11.8 Å². The highest BCUT2D eigenvalue weighted by Crippen LogP contribution is 2.17. The Kier molecular flexibility index (Phi) is 5.86. The van der Waals surface area contributed by atoms with E-state index in [4.69, 9.17) is 5.11 Å². The van der Waals surface area contributed by atoms with Crippen molar-refractivity contribution < 1.29 is 9.90 Å². The molecule has 0 radical (unpaired) electrons. The molecule has 2 N–H and O–H groups in total. The van der Waals surface area contributed by atoms with Gasteiger partial charge in [0.25, 0.3) is 0 Å². The summed E-state index contributed by atoms with van der Waals surface area (Å²) in [5.41, 5.74) is 1.17. The highest BCUT2D eigenvalue weighted by molar-refractivity contribution is 5.79. The van der Waals surface area contributed by atoms with Crippen molar-refractivity contribution in [2.45, 2.75) is 33.2 Å². The molecule has 0 aliphatic rings. The van der Waals surface area contributed by atoms with Crippen molar-refractivity contribution in [3.8, 4) is 0 Å². The third-order valence-corrected chi connectivity index (χ3v) is 3.10. The lowest BCUT2D eigenvalue weighted by atomic mass is 9.88. The first-order valence-electron chi connectivity index (χ1n) is 6.49. The molecule has 0 heterocycles. The van der Waals surface area contributed by atoms with Crippen LogP contribution in [0.1, 0.15) is 26.3 Å². The molecule has 18 heavy (non-hydrogen) atoms. The lowest BCUT2D eigenvalue weighted by Gasteiger charge is -2.22. The van der Waals surface area contributed by atoms with Crippen molar-refractivity contribution in [1.29, 1.82) is 0 Å². The maximum atomic E-state index is 12.1. The zero-order valence-corrected chi connectivity index (χ0v) is 11.4. The van der Waals surface area contributed by atoms with Gasteiger partial charge in [-0.3, -0.25) is 4.79 Å². The van der Waals surface area contributed by atoms with Crippen LogP contribution in [-0.4, -0.2) is 23.7 Å². The van der Waals surface area contributed by atoms with E-state index in [1.807, 2.05) is 30.3 Å². The summed E-state index contributed by atoms with van der Waals surface area (Å²) in [5, 5.41) is 11.8. The molecule has 1 rings (SSSR count). The SMILES string of the molecule is CC(CO)NC(=O)C(Cc1ccccc1)C(C)C. The number of rotatable bonds is 6. The first kappa shape index (κ1) is 14.7. The van der Waals surface area contributed by atoms with E-state index in [2.05, 4.69) is 19.2 Å². The number of hydrogen-bond donors (Lipinski definition) is 2. The molecule has 2 atom stereocenters. The van der Waals surface area contributed by atoms with E-state index < -0.39 is 0 Å². The molecule has 0 saturated carbocycles. The maximum Gasteiger partial charge on any atom is 0.223 e. The molecule has 100 valence electrons. The summed E-state index contributed by atoms with van der Waals surface area (Å²) in [4.78, 5) is 12.1. The predicted molar refractivity (Wildman–Crippen MR) is 73.2 cm³/mol. The lowest BCUT2D eigenvalue weighted by molar-refractivity contribution is -0.127. The van der Waals surface area contributed by atoms with Gasteiger partial charge in [0.05, 0.1) is 6.61 Å². The first-order chi connectivity index (χ1) is 8.54. The molecular formula is C15H23NO2. The zero-order valence-electron chi connectivity index (χ0n) is 11.4. The van der Waals surface area contributed by atoms with E-state index in [9.17, 15) is 4.79 Å². The molecule has 0 aromatic heterocycles. The monoisotopic (exact) mass is 249 g/mol. The molecule has 3 nitrogen and oxygen atoms in total. The topological polar surface area (TPSA) is 49.3 Å². The average molecular weight is 249 g/mol. The third kappa shape index (κ3) is 4.49. The van der Waals surface area contributed by atoms with Crippen LogP contribution >= 0.6 is 0 Å². The highest BCUT2D eigenvalue weighted by Gasteiger charge is 2.23. The van der Waals surface area contributed by atoms with Gasteiger partial charge in [-0.15, -0.1) is 0 Å². The number of nitrogens with one attached hydrogen (secondary N) is 1. The molecule has 1 aromatic rings. The van der Waals surface area contributed by atoms with Crippen LogP contribution < -0.4 is 5.32 Å². The highest BCUT2D eigenvalue weighted by atomic mass is 16.3. The summed E-state index contributed by atoms with van der Waals surface area (Å²) in [5.74, 6) is 0.243. The third-order valence-electron chi connectivity index (χ3n) is 3.10. The van der Waals surface area contributed by atoms with Crippen LogP contribution in [0.25, 0.3) is 0 Å². The quantitative estimate of drug-likeness (QED) is 0.810. The second-order valence-electron chi connectivity index (χ2n) is 5.13. The summed E-state index contributed by atoms with van der Waals surface area (Å²) >= 11 is 0. The van der Waals surface area contributed by atoms with Crippen LogP contribution in [0.4, 0.5) is 0 Å². The van der Waals surface area contributed by atoms with E-state index in [-0.39, 0.29) is 30.4 Å². The van der Waals surface area contributed by atoms with Gasteiger partial charge in [-0.25, -0.2) is 0 Å². The average Bonchev–Trinajstić information content (AvgIpc) is 2.36. The van der Waals surface area contributed by atoms with Crippen molar-refractivity contribution in [1.82, 2.24) is 5.32 Å². The summed E-state index contributed by atoms with van der Waals surface area (Å²) in [6.07, 6.45) is 0.739. The van der Waals surface area contributed by atoms with E-state index in [1.54, 1.807) is 6.92 Å². The van der Waals surface area contributed by atoms with Gasteiger partial charge in [0.2, 0.25) is 5.91 Å². The molecule has 1 aromatic carbocycles. The van der Waals surface area contributed by atoms with Crippen LogP contribution in [0.3, 0.4) is 0 Å². The number of aliphatic hydroxyl groups excluding tert-OH is 1. The fraction of sp³-hybridized carbons (Fsp3) is 0.533. The first-order valence-corrected chi connectivity index (χ1v) is 6.49. The Morgan fingerprint density at radius 1 is 1.22 bits per heavy atom. The molecule has 0 spiro atoms. The van der Waals surface area contributed by atoms with Crippen LogP contribution in [0.5, 0.6) is 0 Å². The largest absolute Gasteiger partial charge is 0.394 e. The lowest BCUT2D eigenvalue weighted by Crippen LogP contribution is -2.41. The minimum Gasteiger partial charge on any atom is -0.394 e. The van der Waals surface area contributed by atoms with Gasteiger partial charge in [-0.1, -0.05) is 44.2 Å². The minimum absolute atomic E-state index is 0.0235. The number of amides is 1. The number of hydrogen-bond acceptors (Lipinski definition) is 2. The van der Waals surface area contributed by atoms with Gasteiger partial charge in [-0.05, 0) is 24.8 Å². The Morgan fingerprint density at radius 3 is 2.33 bits per heavy atom. The standard InChI is InChI=1S/C15H23NO2/c1-11(2)14(15(18)16-12(3)10-17)9-13-7-5-4-6-8-13/h4-8,11-12,14,17H,9-10H2,1-3H3,(H,16,18). The predicted octanol–water partition coefficient (Wildman–Crippen LogP) is 2.00. The van der Waals surface area contributed by atoms with Crippen LogP contribution in [0.2, 0.25) is 0 Å². The number of carbonyl (C=O) groups excluding carboxylic acids is 1. The normalized spacial score (nSPS) is 14.3. The Morgan fingerprint density at radius 2 is 1.83 bits per heavy atom. The Bertz CT molecular complexity index is 362. The molecular weight excluding hydrogens is 226 g/mol. The van der Waals surface area contributed by atoms with E-state index >= 15 is 0 Å². The zero-order chi connectivity index (χ0) is 13.5. The number of benzene rings is 1. The number of aliphatic hydroxyl groups is 1. The molecule has 2 unspecified atom stereocenters. The van der Waals surface area contributed by atoms with Crippen molar-refractivity contribution in [3.05, 3.63) is 35.9 Å². The van der Waals surface area contributed by atoms with Gasteiger partial charge in [0, 0.05) is 12.0 Å². The summed E-state index contributed by atoms with van der Waals surface area (Å²) in [6, 6.07) is 9.84. The second kappa shape index (κ2) is 7.17. The molecule has 0 saturated heterocycles. The molecule has 0 aliphatic heterocycles.